The molecule has 0 saturated carbocycles. The first-order chi connectivity index (χ1) is 7.79. The zero-order valence-corrected chi connectivity index (χ0v) is 9.63. The molecule has 1 aliphatic rings. The average Bonchev–Trinajstić information content (AvgIpc) is 2.33. The molecule has 0 radical (unpaired) electrons. The highest BCUT2D eigenvalue weighted by Gasteiger charge is 2.16. The molecule has 0 aliphatic carbocycles. The van der Waals surface area contributed by atoms with Crippen molar-refractivity contribution in [2.75, 3.05) is 13.1 Å². The van der Waals surface area contributed by atoms with Crippen LogP contribution in [0.2, 0.25) is 5.02 Å². The molecule has 1 heterocycles. The summed E-state index contributed by atoms with van der Waals surface area (Å²) in [6.45, 7) is 1.89. The molecule has 84 valence electrons. The molecular weight excluding hydrogens is 224 g/mol. The first kappa shape index (κ1) is 11.3. The number of ether oxygens (including phenoxy) is 1. The Hall–Kier alpha value is -1.24. The van der Waals surface area contributed by atoms with Gasteiger partial charge in [0, 0.05) is 11.6 Å². The van der Waals surface area contributed by atoms with Gasteiger partial charge in [-0.25, -0.2) is 0 Å². The summed E-state index contributed by atoms with van der Waals surface area (Å²) in [6, 6.07) is 7.23. The SMILES string of the molecule is N#Cc1cc(Cl)ccc1OC1CCCNC1. The fraction of sp³-hybridized carbons (Fsp3) is 0.417. The molecule has 1 aromatic carbocycles. The lowest BCUT2D eigenvalue weighted by Gasteiger charge is -2.24. The summed E-state index contributed by atoms with van der Waals surface area (Å²) < 4.78 is 5.79. The molecule has 0 spiro atoms. The van der Waals surface area contributed by atoms with Crippen LogP contribution in [0.1, 0.15) is 18.4 Å². The number of halogens is 1. The van der Waals surface area contributed by atoms with E-state index in [-0.39, 0.29) is 6.10 Å². The smallest absolute Gasteiger partial charge is 0.137 e. The van der Waals surface area contributed by atoms with E-state index in [1.165, 1.54) is 0 Å². The van der Waals surface area contributed by atoms with E-state index in [1.54, 1.807) is 18.2 Å². The fourth-order valence-electron chi connectivity index (χ4n) is 1.79. The van der Waals surface area contributed by atoms with Crippen LogP contribution in [0.4, 0.5) is 0 Å². The maximum Gasteiger partial charge on any atom is 0.137 e. The summed E-state index contributed by atoms with van der Waals surface area (Å²) in [5.74, 6) is 0.626. The third-order valence-electron chi connectivity index (χ3n) is 2.61. The van der Waals surface area contributed by atoms with Gasteiger partial charge >= 0.3 is 0 Å². The Morgan fingerprint density at radius 3 is 3.06 bits per heavy atom. The molecule has 0 amide bonds. The Balaban J connectivity index is 2.11. The summed E-state index contributed by atoms with van der Waals surface area (Å²) >= 11 is 5.82. The van der Waals surface area contributed by atoms with Gasteiger partial charge in [-0.15, -0.1) is 0 Å². The maximum atomic E-state index is 8.97. The fourth-order valence-corrected chi connectivity index (χ4v) is 1.96. The van der Waals surface area contributed by atoms with E-state index in [0.717, 1.165) is 25.9 Å². The van der Waals surface area contributed by atoms with E-state index in [9.17, 15) is 0 Å². The van der Waals surface area contributed by atoms with Gasteiger partial charge in [0.2, 0.25) is 0 Å². The van der Waals surface area contributed by atoms with E-state index in [1.807, 2.05) is 0 Å². The minimum absolute atomic E-state index is 0.155. The molecule has 1 N–H and O–H groups in total. The largest absolute Gasteiger partial charge is 0.488 e. The van der Waals surface area contributed by atoms with Crippen LogP contribution >= 0.6 is 11.6 Å². The zero-order chi connectivity index (χ0) is 11.4. The van der Waals surface area contributed by atoms with Crippen molar-refractivity contribution < 1.29 is 4.74 Å². The van der Waals surface area contributed by atoms with Crippen molar-refractivity contribution in [2.45, 2.75) is 18.9 Å². The number of nitriles is 1. The molecule has 3 nitrogen and oxygen atoms in total. The molecule has 0 aromatic heterocycles. The number of nitrogens with zero attached hydrogens (tertiary/aromatic N) is 1. The third-order valence-corrected chi connectivity index (χ3v) is 2.84. The Labute approximate surface area is 100.0 Å². The molecule has 4 heteroatoms. The molecule has 1 aliphatic heterocycles. The van der Waals surface area contributed by atoms with Crippen molar-refractivity contribution in [1.29, 1.82) is 5.26 Å². The Morgan fingerprint density at radius 1 is 1.50 bits per heavy atom. The number of piperidine rings is 1. The van der Waals surface area contributed by atoms with Crippen LogP contribution in [0.3, 0.4) is 0 Å². The van der Waals surface area contributed by atoms with Crippen LogP contribution in [0.5, 0.6) is 5.75 Å². The lowest BCUT2D eigenvalue weighted by molar-refractivity contribution is 0.166. The predicted octanol–water partition coefficient (Wildman–Crippen LogP) is 2.34. The number of nitrogens with one attached hydrogen (secondary N) is 1. The van der Waals surface area contributed by atoms with E-state index in [0.29, 0.717) is 16.3 Å². The molecular formula is C12H13ClN2O. The minimum atomic E-state index is 0.155. The van der Waals surface area contributed by atoms with E-state index in [2.05, 4.69) is 11.4 Å². The molecule has 0 bridgehead atoms. The minimum Gasteiger partial charge on any atom is -0.488 e. The maximum absolute atomic E-state index is 8.97. The summed E-state index contributed by atoms with van der Waals surface area (Å²) in [5, 5.41) is 12.8. The van der Waals surface area contributed by atoms with Gasteiger partial charge in [0.1, 0.15) is 17.9 Å². The number of rotatable bonds is 2. The first-order valence-corrected chi connectivity index (χ1v) is 5.74. The van der Waals surface area contributed by atoms with E-state index >= 15 is 0 Å². The summed E-state index contributed by atoms with van der Waals surface area (Å²) in [7, 11) is 0. The van der Waals surface area contributed by atoms with Crippen LogP contribution in [-0.2, 0) is 0 Å². The van der Waals surface area contributed by atoms with Crippen molar-refractivity contribution in [1.82, 2.24) is 5.32 Å². The average molecular weight is 237 g/mol. The summed E-state index contributed by atoms with van der Waals surface area (Å²) in [5.41, 5.74) is 0.498. The molecule has 1 fully saturated rings. The number of hydrogen-bond donors (Lipinski definition) is 1. The van der Waals surface area contributed by atoms with Crippen LogP contribution in [0.15, 0.2) is 18.2 Å². The quantitative estimate of drug-likeness (QED) is 0.857. The second-order valence-electron chi connectivity index (χ2n) is 3.84. The van der Waals surface area contributed by atoms with Gasteiger partial charge in [-0.1, -0.05) is 11.6 Å². The van der Waals surface area contributed by atoms with Crippen LogP contribution in [0.25, 0.3) is 0 Å². The van der Waals surface area contributed by atoms with Crippen molar-refractivity contribution >= 4 is 11.6 Å². The highest BCUT2D eigenvalue weighted by molar-refractivity contribution is 6.30. The van der Waals surface area contributed by atoms with Crippen LogP contribution < -0.4 is 10.1 Å². The van der Waals surface area contributed by atoms with Crippen LogP contribution in [-0.4, -0.2) is 19.2 Å². The van der Waals surface area contributed by atoms with Crippen molar-refractivity contribution in [2.24, 2.45) is 0 Å². The van der Waals surface area contributed by atoms with Crippen molar-refractivity contribution in [3.63, 3.8) is 0 Å². The lowest BCUT2D eigenvalue weighted by Crippen LogP contribution is -2.37. The van der Waals surface area contributed by atoms with Crippen molar-refractivity contribution in [3.05, 3.63) is 28.8 Å². The highest BCUT2D eigenvalue weighted by atomic mass is 35.5. The van der Waals surface area contributed by atoms with Crippen LogP contribution in [0, 0.1) is 11.3 Å². The molecule has 16 heavy (non-hydrogen) atoms. The zero-order valence-electron chi connectivity index (χ0n) is 8.87. The van der Waals surface area contributed by atoms with Crippen molar-refractivity contribution in [3.8, 4) is 11.8 Å². The molecule has 1 atom stereocenters. The molecule has 1 saturated heterocycles. The standard InChI is InChI=1S/C12H13ClN2O/c13-10-3-4-12(9(6-10)7-14)16-11-2-1-5-15-8-11/h3-4,6,11,15H,1-2,5,8H2. The second-order valence-corrected chi connectivity index (χ2v) is 4.27. The van der Waals surface area contributed by atoms with E-state index in [4.69, 9.17) is 21.6 Å². The van der Waals surface area contributed by atoms with Gasteiger partial charge in [-0.3, -0.25) is 0 Å². The summed E-state index contributed by atoms with van der Waals surface area (Å²) in [6.07, 6.45) is 2.29. The molecule has 1 unspecified atom stereocenters. The Bertz CT molecular complexity index is 408. The van der Waals surface area contributed by atoms with E-state index < -0.39 is 0 Å². The number of benzene rings is 1. The normalized spacial score (nSPS) is 20.1. The van der Waals surface area contributed by atoms with Gasteiger partial charge in [0.05, 0.1) is 5.56 Å². The molecule has 1 aromatic rings. The first-order valence-electron chi connectivity index (χ1n) is 5.36. The number of hydrogen-bond acceptors (Lipinski definition) is 3. The Morgan fingerprint density at radius 2 is 2.38 bits per heavy atom. The Kier molecular flexibility index (Phi) is 3.66. The van der Waals surface area contributed by atoms with Gasteiger partial charge in [-0.05, 0) is 37.6 Å². The van der Waals surface area contributed by atoms with Gasteiger partial charge < -0.3 is 10.1 Å². The highest BCUT2D eigenvalue weighted by Crippen LogP contribution is 2.24. The predicted molar refractivity (Wildman–Crippen MR) is 62.7 cm³/mol. The topological polar surface area (TPSA) is 45.0 Å². The van der Waals surface area contributed by atoms with Gasteiger partial charge in [0.15, 0.2) is 0 Å². The summed E-state index contributed by atoms with van der Waals surface area (Å²) in [4.78, 5) is 0. The van der Waals surface area contributed by atoms with Gasteiger partial charge in [-0.2, -0.15) is 5.26 Å². The molecule has 2 rings (SSSR count). The monoisotopic (exact) mass is 236 g/mol. The lowest BCUT2D eigenvalue weighted by atomic mass is 10.1. The third kappa shape index (κ3) is 2.66. The van der Waals surface area contributed by atoms with Gasteiger partial charge in [0.25, 0.3) is 0 Å². The second kappa shape index (κ2) is 5.20.